The van der Waals surface area contributed by atoms with Gasteiger partial charge in [-0.3, -0.25) is 9.59 Å². The molecule has 2 aromatic rings. The minimum Gasteiger partial charge on any atom is -0.493 e. The van der Waals surface area contributed by atoms with Crippen molar-refractivity contribution in [2.45, 2.75) is 20.4 Å². The van der Waals surface area contributed by atoms with Gasteiger partial charge < -0.3 is 25.0 Å². The van der Waals surface area contributed by atoms with Crippen LogP contribution < -0.4 is 25.0 Å². The van der Waals surface area contributed by atoms with E-state index in [1.807, 2.05) is 57.3 Å². The first-order valence-electron chi connectivity index (χ1n) is 9.49. The molecule has 0 heterocycles. The third kappa shape index (κ3) is 6.50. The Bertz CT molecular complexity index is 867. The minimum atomic E-state index is -0.246. The number of likely N-dealkylation sites (N-methyl/N-ethyl adjacent to an activating group) is 1. The Kier molecular flexibility index (Phi) is 8.03. The topological polar surface area (TPSA) is 81.1 Å². The van der Waals surface area contributed by atoms with Crippen LogP contribution >= 0.6 is 0 Å². The number of anilines is 1. The predicted molar refractivity (Wildman–Crippen MR) is 113 cm³/mol. The molecular weight excluding hydrogens is 370 g/mol. The van der Waals surface area contributed by atoms with Crippen LogP contribution in [0.3, 0.4) is 0 Å². The van der Waals surface area contributed by atoms with Crippen molar-refractivity contribution >= 4 is 17.5 Å². The van der Waals surface area contributed by atoms with Crippen LogP contribution in [0.1, 0.15) is 16.7 Å². The van der Waals surface area contributed by atoms with E-state index in [-0.39, 0.29) is 24.9 Å². The number of methoxy groups -OCH3 is 2. The number of carbonyl (C=O) groups excluding carboxylic acids is 2. The van der Waals surface area contributed by atoms with E-state index in [1.54, 1.807) is 14.2 Å². The molecular formula is C22H30N3O4+. The van der Waals surface area contributed by atoms with Crippen LogP contribution in [0.15, 0.2) is 36.4 Å². The molecule has 7 nitrogen and oxygen atoms in total. The van der Waals surface area contributed by atoms with Gasteiger partial charge in [0.15, 0.2) is 18.0 Å². The van der Waals surface area contributed by atoms with Crippen LogP contribution in [0.4, 0.5) is 5.69 Å². The average Bonchev–Trinajstić information content (AvgIpc) is 2.69. The van der Waals surface area contributed by atoms with Crippen LogP contribution in [0.2, 0.25) is 0 Å². The van der Waals surface area contributed by atoms with Gasteiger partial charge in [0.05, 0.1) is 27.8 Å². The summed E-state index contributed by atoms with van der Waals surface area (Å²) in [6, 6.07) is 11.4. The molecule has 0 aliphatic carbocycles. The van der Waals surface area contributed by atoms with Gasteiger partial charge in [0.1, 0.15) is 6.54 Å². The van der Waals surface area contributed by atoms with Crippen LogP contribution in [0.25, 0.3) is 0 Å². The molecule has 0 fully saturated rings. The fraction of sp³-hybridized carbons (Fsp3) is 0.364. The van der Waals surface area contributed by atoms with Gasteiger partial charge in [-0.1, -0.05) is 12.1 Å². The molecule has 0 saturated heterocycles. The number of carbonyl (C=O) groups is 2. The predicted octanol–water partition coefficient (Wildman–Crippen LogP) is 1.09. The molecule has 156 valence electrons. The van der Waals surface area contributed by atoms with Crippen LogP contribution in [0.5, 0.6) is 11.5 Å². The number of hydrogen-bond donors (Lipinski definition) is 3. The van der Waals surface area contributed by atoms with E-state index in [4.69, 9.17) is 9.47 Å². The third-order valence-electron chi connectivity index (χ3n) is 4.74. The largest absolute Gasteiger partial charge is 0.493 e. The molecule has 0 aliphatic heterocycles. The molecule has 0 aromatic heterocycles. The first kappa shape index (κ1) is 22.2. The summed E-state index contributed by atoms with van der Waals surface area (Å²) in [7, 11) is 5.11. The van der Waals surface area contributed by atoms with E-state index in [2.05, 4.69) is 10.6 Å². The summed E-state index contributed by atoms with van der Waals surface area (Å²) in [5, 5.41) is 5.51. The lowest BCUT2D eigenvalue weighted by Gasteiger charge is -2.15. The number of hydrogen-bond acceptors (Lipinski definition) is 4. The molecule has 0 radical (unpaired) electrons. The zero-order valence-corrected chi connectivity index (χ0v) is 17.7. The average molecular weight is 400 g/mol. The van der Waals surface area contributed by atoms with Gasteiger partial charge in [0.2, 0.25) is 5.91 Å². The van der Waals surface area contributed by atoms with Crippen LogP contribution in [-0.2, 0) is 16.1 Å². The van der Waals surface area contributed by atoms with Gasteiger partial charge in [0.25, 0.3) is 5.91 Å². The van der Waals surface area contributed by atoms with E-state index >= 15 is 0 Å². The summed E-state index contributed by atoms with van der Waals surface area (Å²) in [5.41, 5.74) is 3.92. The first-order chi connectivity index (χ1) is 13.8. The zero-order chi connectivity index (χ0) is 21.4. The SMILES string of the molecule is COc1ccc(C[NH+](C)CC(=O)NCC(=O)Nc2cccc(C)c2C)cc1OC. The monoisotopic (exact) mass is 400 g/mol. The quantitative estimate of drug-likeness (QED) is 0.589. The van der Waals surface area contributed by atoms with Gasteiger partial charge in [0, 0.05) is 11.3 Å². The number of ether oxygens (including phenoxy) is 2. The van der Waals surface area contributed by atoms with Crippen molar-refractivity contribution in [3.8, 4) is 11.5 Å². The van der Waals surface area contributed by atoms with Crippen molar-refractivity contribution in [1.82, 2.24) is 5.32 Å². The summed E-state index contributed by atoms with van der Waals surface area (Å²) in [4.78, 5) is 25.3. The number of aryl methyl sites for hydroxylation is 1. The Hall–Kier alpha value is -3.06. The first-order valence-corrected chi connectivity index (χ1v) is 9.49. The summed E-state index contributed by atoms with van der Waals surface area (Å²) in [6.45, 7) is 4.78. The smallest absolute Gasteiger partial charge is 0.275 e. The number of nitrogens with one attached hydrogen (secondary N) is 3. The maximum atomic E-state index is 12.2. The molecule has 2 rings (SSSR count). The summed E-state index contributed by atoms with van der Waals surface area (Å²) in [6.07, 6.45) is 0. The molecule has 1 unspecified atom stereocenters. The number of benzene rings is 2. The van der Waals surface area contributed by atoms with E-state index < -0.39 is 0 Å². The Morgan fingerprint density at radius 1 is 1.00 bits per heavy atom. The minimum absolute atomic E-state index is 0.0597. The van der Waals surface area contributed by atoms with Crippen molar-refractivity contribution in [2.75, 3.05) is 39.7 Å². The second kappa shape index (κ2) is 10.5. The number of amides is 2. The van der Waals surface area contributed by atoms with Gasteiger partial charge in [-0.2, -0.15) is 0 Å². The van der Waals surface area contributed by atoms with Gasteiger partial charge in [-0.25, -0.2) is 0 Å². The summed E-state index contributed by atoms with van der Waals surface area (Å²) >= 11 is 0. The normalized spacial score (nSPS) is 11.5. The zero-order valence-electron chi connectivity index (χ0n) is 17.7. The lowest BCUT2D eigenvalue weighted by Crippen LogP contribution is -3.08. The highest BCUT2D eigenvalue weighted by molar-refractivity contribution is 5.95. The molecule has 7 heteroatoms. The second-order valence-corrected chi connectivity index (χ2v) is 7.07. The van der Waals surface area contributed by atoms with Crippen molar-refractivity contribution in [2.24, 2.45) is 0 Å². The van der Waals surface area contributed by atoms with Gasteiger partial charge >= 0.3 is 0 Å². The van der Waals surface area contributed by atoms with Gasteiger partial charge in [-0.15, -0.1) is 0 Å². The number of quaternary nitrogens is 1. The highest BCUT2D eigenvalue weighted by Crippen LogP contribution is 2.27. The van der Waals surface area contributed by atoms with Crippen molar-refractivity contribution in [3.05, 3.63) is 53.1 Å². The Morgan fingerprint density at radius 2 is 1.72 bits per heavy atom. The fourth-order valence-electron chi connectivity index (χ4n) is 3.00. The fourth-order valence-corrected chi connectivity index (χ4v) is 3.00. The Morgan fingerprint density at radius 3 is 2.41 bits per heavy atom. The van der Waals surface area contributed by atoms with E-state index in [1.165, 1.54) is 0 Å². The maximum absolute atomic E-state index is 12.2. The second-order valence-electron chi connectivity index (χ2n) is 7.07. The van der Waals surface area contributed by atoms with Crippen molar-refractivity contribution in [1.29, 1.82) is 0 Å². The van der Waals surface area contributed by atoms with E-state index in [9.17, 15) is 9.59 Å². The van der Waals surface area contributed by atoms with E-state index in [0.29, 0.717) is 18.0 Å². The molecule has 0 aliphatic rings. The molecule has 0 saturated carbocycles. The molecule has 0 spiro atoms. The summed E-state index contributed by atoms with van der Waals surface area (Å²) < 4.78 is 10.5. The Balaban J connectivity index is 1.81. The number of rotatable bonds is 9. The molecule has 29 heavy (non-hydrogen) atoms. The van der Waals surface area contributed by atoms with Gasteiger partial charge in [-0.05, 0) is 49.2 Å². The highest BCUT2D eigenvalue weighted by atomic mass is 16.5. The molecule has 0 bridgehead atoms. The lowest BCUT2D eigenvalue weighted by atomic mass is 10.1. The lowest BCUT2D eigenvalue weighted by molar-refractivity contribution is -0.885. The Labute approximate surface area is 172 Å². The van der Waals surface area contributed by atoms with Crippen LogP contribution in [0, 0.1) is 13.8 Å². The third-order valence-corrected chi connectivity index (χ3v) is 4.74. The van der Waals surface area contributed by atoms with Crippen molar-refractivity contribution < 1.29 is 24.0 Å². The standard InChI is InChI=1S/C22H29N3O4/c1-15-7-6-8-18(16(15)2)24-21(26)12-23-22(27)14-25(3)13-17-9-10-19(28-4)20(11-17)29-5/h6-11H,12-14H2,1-5H3,(H,23,27)(H,24,26)/p+1. The molecule has 2 aromatic carbocycles. The maximum Gasteiger partial charge on any atom is 0.275 e. The highest BCUT2D eigenvalue weighted by Gasteiger charge is 2.14. The van der Waals surface area contributed by atoms with E-state index in [0.717, 1.165) is 27.3 Å². The molecule has 3 N–H and O–H groups in total. The molecule has 2 amide bonds. The molecule has 1 atom stereocenters. The summed E-state index contributed by atoms with van der Waals surface area (Å²) in [5.74, 6) is 0.899. The van der Waals surface area contributed by atoms with Crippen molar-refractivity contribution in [3.63, 3.8) is 0 Å². The van der Waals surface area contributed by atoms with Crippen LogP contribution in [-0.4, -0.2) is 46.2 Å².